The SMILES string of the molecule is CCc1cccc(OC)c1C(=O)C=C1c2ccccc2C(=O)c2ccccc21. The van der Waals surface area contributed by atoms with Gasteiger partial charge in [0.2, 0.25) is 0 Å². The maximum Gasteiger partial charge on any atom is 0.194 e. The van der Waals surface area contributed by atoms with Gasteiger partial charge in [-0.2, -0.15) is 0 Å². The second-order valence-corrected chi connectivity index (χ2v) is 6.69. The van der Waals surface area contributed by atoms with E-state index in [9.17, 15) is 9.59 Å². The van der Waals surface area contributed by atoms with Crippen LogP contribution in [-0.2, 0) is 6.42 Å². The van der Waals surface area contributed by atoms with Crippen LogP contribution in [0.3, 0.4) is 0 Å². The highest BCUT2D eigenvalue weighted by Gasteiger charge is 2.27. The van der Waals surface area contributed by atoms with Crippen LogP contribution in [0.1, 0.15) is 49.9 Å². The van der Waals surface area contributed by atoms with Crippen LogP contribution in [0.25, 0.3) is 5.57 Å². The minimum absolute atomic E-state index is 0.0117. The lowest BCUT2D eigenvalue weighted by Crippen LogP contribution is -2.15. The molecule has 0 radical (unpaired) electrons. The number of benzene rings is 3. The van der Waals surface area contributed by atoms with Gasteiger partial charge < -0.3 is 4.74 Å². The molecule has 0 amide bonds. The molecule has 0 saturated heterocycles. The molecule has 0 bridgehead atoms. The summed E-state index contributed by atoms with van der Waals surface area (Å²) in [6.45, 7) is 2.02. The number of hydrogen-bond donors (Lipinski definition) is 0. The lowest BCUT2D eigenvalue weighted by Gasteiger charge is -2.21. The van der Waals surface area contributed by atoms with Crippen molar-refractivity contribution in [1.82, 2.24) is 0 Å². The van der Waals surface area contributed by atoms with Crippen LogP contribution >= 0.6 is 0 Å². The molecule has 28 heavy (non-hydrogen) atoms. The Morgan fingerprint density at radius 2 is 1.43 bits per heavy atom. The Morgan fingerprint density at radius 1 is 0.857 bits per heavy atom. The van der Waals surface area contributed by atoms with Crippen molar-refractivity contribution in [1.29, 1.82) is 0 Å². The van der Waals surface area contributed by atoms with Gasteiger partial charge >= 0.3 is 0 Å². The topological polar surface area (TPSA) is 43.4 Å². The summed E-state index contributed by atoms with van der Waals surface area (Å²) in [7, 11) is 1.57. The Morgan fingerprint density at radius 3 is 1.96 bits per heavy atom. The molecule has 0 N–H and O–H groups in total. The molecule has 0 saturated carbocycles. The Hall–Kier alpha value is -3.46. The summed E-state index contributed by atoms with van der Waals surface area (Å²) in [5, 5.41) is 0. The number of rotatable bonds is 4. The van der Waals surface area contributed by atoms with E-state index in [0.717, 1.165) is 28.7 Å². The fourth-order valence-electron chi connectivity index (χ4n) is 3.80. The lowest BCUT2D eigenvalue weighted by atomic mass is 9.80. The number of carbonyl (C=O) groups is 2. The molecule has 0 atom stereocenters. The molecule has 3 aromatic rings. The first-order valence-corrected chi connectivity index (χ1v) is 9.31. The van der Waals surface area contributed by atoms with Gasteiger partial charge in [-0.1, -0.05) is 67.6 Å². The molecule has 138 valence electrons. The number of carbonyl (C=O) groups excluding carboxylic acids is 2. The highest BCUT2D eigenvalue weighted by Crippen LogP contribution is 2.36. The van der Waals surface area contributed by atoms with Crippen LogP contribution in [0.15, 0.2) is 72.8 Å². The second kappa shape index (κ2) is 7.28. The van der Waals surface area contributed by atoms with Crippen molar-refractivity contribution in [2.75, 3.05) is 7.11 Å². The quantitative estimate of drug-likeness (QED) is 0.371. The lowest BCUT2D eigenvalue weighted by molar-refractivity contribution is 0.102. The van der Waals surface area contributed by atoms with Gasteiger partial charge in [0.15, 0.2) is 11.6 Å². The number of aryl methyl sites for hydroxylation is 1. The molecule has 0 unspecified atom stereocenters. The largest absolute Gasteiger partial charge is 0.496 e. The smallest absolute Gasteiger partial charge is 0.194 e. The Labute approximate surface area is 164 Å². The van der Waals surface area contributed by atoms with Crippen LogP contribution in [0.2, 0.25) is 0 Å². The molecule has 0 aliphatic heterocycles. The number of ketones is 2. The summed E-state index contributed by atoms with van der Waals surface area (Å²) < 4.78 is 5.45. The van der Waals surface area contributed by atoms with Crippen molar-refractivity contribution < 1.29 is 14.3 Å². The van der Waals surface area contributed by atoms with Gasteiger partial charge in [-0.05, 0) is 40.8 Å². The van der Waals surface area contributed by atoms with Crippen LogP contribution in [-0.4, -0.2) is 18.7 Å². The Kier molecular flexibility index (Phi) is 4.66. The summed E-state index contributed by atoms with van der Waals surface area (Å²) in [6, 6.07) is 20.5. The zero-order valence-electron chi connectivity index (χ0n) is 15.9. The number of fused-ring (bicyclic) bond motifs is 2. The Bertz CT molecular complexity index is 1050. The van der Waals surface area contributed by atoms with E-state index in [-0.39, 0.29) is 11.6 Å². The summed E-state index contributed by atoms with van der Waals surface area (Å²) >= 11 is 0. The third kappa shape index (κ3) is 2.85. The first-order chi connectivity index (χ1) is 13.7. The standard InChI is InChI=1S/C25H20O3/c1-3-16-9-8-14-23(28-2)24(16)22(26)15-21-17-10-4-6-12-19(17)25(27)20-13-7-5-11-18(20)21/h4-15H,3H2,1-2H3. The van der Waals surface area contributed by atoms with Crippen LogP contribution in [0.4, 0.5) is 0 Å². The molecule has 3 nitrogen and oxygen atoms in total. The molecular formula is C25H20O3. The number of allylic oxidation sites excluding steroid dienone is 1. The van der Waals surface area contributed by atoms with Gasteiger partial charge in [0.05, 0.1) is 12.7 Å². The normalized spacial score (nSPS) is 12.2. The zero-order valence-corrected chi connectivity index (χ0v) is 15.9. The van der Waals surface area contributed by atoms with Gasteiger partial charge in [-0.3, -0.25) is 9.59 Å². The molecular weight excluding hydrogens is 348 g/mol. The van der Waals surface area contributed by atoms with Gasteiger partial charge in [-0.15, -0.1) is 0 Å². The van der Waals surface area contributed by atoms with Crippen LogP contribution < -0.4 is 4.74 Å². The summed E-state index contributed by atoms with van der Waals surface area (Å²) in [4.78, 5) is 26.2. The second-order valence-electron chi connectivity index (χ2n) is 6.69. The molecule has 0 aromatic heterocycles. The van der Waals surface area contributed by atoms with Crippen molar-refractivity contribution >= 4 is 17.1 Å². The van der Waals surface area contributed by atoms with E-state index < -0.39 is 0 Å². The number of methoxy groups -OCH3 is 1. The summed E-state index contributed by atoms with van der Waals surface area (Å²) in [5.41, 5.74) is 5.09. The van der Waals surface area contributed by atoms with Gasteiger partial charge in [0, 0.05) is 11.1 Å². The number of hydrogen-bond acceptors (Lipinski definition) is 3. The Balaban J connectivity index is 1.93. The maximum atomic E-state index is 13.3. The monoisotopic (exact) mass is 368 g/mol. The van der Waals surface area contributed by atoms with E-state index in [4.69, 9.17) is 4.74 Å². The fourth-order valence-corrected chi connectivity index (χ4v) is 3.80. The number of ether oxygens (including phenoxy) is 1. The van der Waals surface area contributed by atoms with Crippen molar-refractivity contribution in [3.8, 4) is 5.75 Å². The van der Waals surface area contributed by atoms with E-state index in [2.05, 4.69) is 0 Å². The predicted molar refractivity (Wildman–Crippen MR) is 110 cm³/mol. The molecule has 3 aromatic carbocycles. The molecule has 0 heterocycles. The van der Waals surface area contributed by atoms with Crippen molar-refractivity contribution in [3.05, 3.63) is 106 Å². The molecule has 1 aliphatic rings. The van der Waals surface area contributed by atoms with Crippen LogP contribution in [0.5, 0.6) is 5.75 Å². The van der Waals surface area contributed by atoms with Gasteiger partial charge in [0.25, 0.3) is 0 Å². The van der Waals surface area contributed by atoms with Crippen molar-refractivity contribution in [3.63, 3.8) is 0 Å². The average Bonchev–Trinajstić information content (AvgIpc) is 2.75. The third-order valence-corrected chi connectivity index (χ3v) is 5.16. The fraction of sp³-hybridized carbons (Fsp3) is 0.120. The van der Waals surface area contributed by atoms with E-state index in [1.54, 1.807) is 19.3 Å². The van der Waals surface area contributed by atoms with Crippen molar-refractivity contribution in [2.24, 2.45) is 0 Å². The minimum atomic E-state index is -0.122. The first-order valence-electron chi connectivity index (χ1n) is 9.31. The summed E-state index contributed by atoms with van der Waals surface area (Å²) in [6.07, 6.45) is 2.37. The third-order valence-electron chi connectivity index (χ3n) is 5.16. The average molecular weight is 368 g/mol. The predicted octanol–water partition coefficient (Wildman–Crippen LogP) is 5.12. The highest BCUT2D eigenvalue weighted by molar-refractivity contribution is 6.22. The van der Waals surface area contributed by atoms with E-state index >= 15 is 0 Å². The molecule has 3 heteroatoms. The molecule has 0 fully saturated rings. The van der Waals surface area contributed by atoms with E-state index in [0.29, 0.717) is 22.4 Å². The first kappa shape index (κ1) is 17.9. The van der Waals surface area contributed by atoms with E-state index in [1.807, 2.05) is 67.6 Å². The molecule has 1 aliphatic carbocycles. The van der Waals surface area contributed by atoms with Gasteiger partial charge in [0.1, 0.15) is 5.75 Å². The molecule has 4 rings (SSSR count). The summed E-state index contributed by atoms with van der Waals surface area (Å²) in [5.74, 6) is 0.431. The van der Waals surface area contributed by atoms with Gasteiger partial charge in [-0.25, -0.2) is 0 Å². The van der Waals surface area contributed by atoms with Crippen molar-refractivity contribution in [2.45, 2.75) is 13.3 Å². The maximum absolute atomic E-state index is 13.3. The minimum Gasteiger partial charge on any atom is -0.496 e. The van der Waals surface area contributed by atoms with Crippen LogP contribution in [0, 0.1) is 0 Å². The zero-order chi connectivity index (χ0) is 19.7. The molecule has 0 spiro atoms. The highest BCUT2D eigenvalue weighted by atomic mass is 16.5. The van der Waals surface area contributed by atoms with E-state index in [1.165, 1.54) is 0 Å².